The molecule has 1 aromatic carbocycles. The number of carbonyl (C=O) groups is 1. The first-order valence-electron chi connectivity index (χ1n) is 4.50. The highest BCUT2D eigenvalue weighted by Gasteiger charge is 2.08. The first-order valence-corrected chi connectivity index (χ1v) is 5.58. The van der Waals surface area contributed by atoms with Crippen LogP contribution in [0.5, 0.6) is 0 Å². The summed E-state index contributed by atoms with van der Waals surface area (Å²) in [6, 6.07) is 4.79. The van der Waals surface area contributed by atoms with Crippen molar-refractivity contribution in [3.63, 3.8) is 0 Å². The van der Waals surface area contributed by atoms with E-state index in [0.717, 1.165) is 9.13 Å². The van der Waals surface area contributed by atoms with E-state index in [-0.39, 0.29) is 12.5 Å². The van der Waals surface area contributed by atoms with Gasteiger partial charge in [-0.2, -0.15) is 0 Å². The minimum absolute atomic E-state index is 0.000207. The number of halogens is 1. The molecule has 15 heavy (non-hydrogen) atoms. The highest BCUT2D eigenvalue weighted by atomic mass is 127. The van der Waals surface area contributed by atoms with Gasteiger partial charge in [0.15, 0.2) is 0 Å². The Hall–Kier alpha value is -0.660. The van der Waals surface area contributed by atoms with Gasteiger partial charge in [0.25, 0.3) is 0 Å². The second kappa shape index (κ2) is 5.43. The zero-order valence-electron chi connectivity index (χ0n) is 8.33. The van der Waals surface area contributed by atoms with Crippen LogP contribution in [0.3, 0.4) is 0 Å². The first-order chi connectivity index (χ1) is 7.04. The minimum Gasteiger partial charge on any atom is -0.392 e. The molecule has 0 aliphatic heterocycles. The number of nitrogens with two attached hydrogens (primary N) is 1. The molecule has 0 saturated carbocycles. The molecule has 1 atom stereocenters. The van der Waals surface area contributed by atoms with Gasteiger partial charge >= 0.3 is 0 Å². The van der Waals surface area contributed by atoms with Crippen LogP contribution in [-0.2, 0) is 11.4 Å². The third-order valence-electron chi connectivity index (χ3n) is 1.90. The number of hydrogen-bond donors (Lipinski definition) is 3. The lowest BCUT2D eigenvalue weighted by molar-refractivity contribution is -0.117. The quantitative estimate of drug-likeness (QED) is 0.729. The smallest absolute Gasteiger partial charge is 0.240 e. The fraction of sp³-hybridized carbons (Fsp3) is 0.300. The van der Waals surface area contributed by atoms with Crippen molar-refractivity contribution in [2.24, 2.45) is 5.73 Å². The number of rotatable bonds is 3. The predicted octanol–water partition coefficient (Wildman–Crippen LogP) is 1.07. The fourth-order valence-corrected chi connectivity index (χ4v) is 1.70. The van der Waals surface area contributed by atoms with Crippen LogP contribution >= 0.6 is 22.6 Å². The van der Waals surface area contributed by atoms with Gasteiger partial charge in [0, 0.05) is 9.26 Å². The van der Waals surface area contributed by atoms with Crippen molar-refractivity contribution >= 4 is 34.2 Å². The molecule has 0 aliphatic rings. The third kappa shape index (κ3) is 3.44. The van der Waals surface area contributed by atoms with E-state index in [2.05, 4.69) is 27.9 Å². The molecule has 0 fully saturated rings. The van der Waals surface area contributed by atoms with Crippen LogP contribution in [0, 0.1) is 3.57 Å². The lowest BCUT2D eigenvalue weighted by Crippen LogP contribution is -2.32. The maximum absolute atomic E-state index is 11.3. The molecule has 0 aromatic heterocycles. The van der Waals surface area contributed by atoms with Crippen molar-refractivity contribution in [2.75, 3.05) is 5.32 Å². The Morgan fingerprint density at radius 3 is 2.80 bits per heavy atom. The standard InChI is InChI=1S/C10H13IN2O2/c1-6(12)10(15)13-8-3-2-7(5-14)9(11)4-8/h2-4,6,14H,5,12H2,1H3,(H,13,15). The fourth-order valence-electron chi connectivity index (χ4n) is 1.01. The van der Waals surface area contributed by atoms with Gasteiger partial charge in [-0.15, -0.1) is 0 Å². The van der Waals surface area contributed by atoms with E-state index in [4.69, 9.17) is 10.8 Å². The molecule has 1 aromatic rings. The molecule has 0 radical (unpaired) electrons. The number of benzene rings is 1. The lowest BCUT2D eigenvalue weighted by Gasteiger charge is -2.09. The molecule has 1 unspecified atom stereocenters. The van der Waals surface area contributed by atoms with E-state index >= 15 is 0 Å². The number of aliphatic hydroxyl groups is 1. The average molecular weight is 320 g/mol. The second-order valence-electron chi connectivity index (χ2n) is 3.24. The van der Waals surface area contributed by atoms with Crippen LogP contribution in [-0.4, -0.2) is 17.1 Å². The molecule has 1 rings (SSSR count). The van der Waals surface area contributed by atoms with Crippen molar-refractivity contribution in [3.8, 4) is 0 Å². The molecule has 4 nitrogen and oxygen atoms in total. The van der Waals surface area contributed by atoms with Gasteiger partial charge < -0.3 is 16.2 Å². The summed E-state index contributed by atoms with van der Waals surface area (Å²) in [5.41, 5.74) is 6.96. The predicted molar refractivity (Wildman–Crippen MR) is 67.4 cm³/mol. The van der Waals surface area contributed by atoms with Crippen LogP contribution in [0.4, 0.5) is 5.69 Å². The van der Waals surface area contributed by atoms with E-state index in [0.29, 0.717) is 5.69 Å². The van der Waals surface area contributed by atoms with Gasteiger partial charge in [0.05, 0.1) is 12.6 Å². The van der Waals surface area contributed by atoms with E-state index in [9.17, 15) is 4.79 Å². The van der Waals surface area contributed by atoms with Crippen molar-refractivity contribution in [3.05, 3.63) is 27.3 Å². The monoisotopic (exact) mass is 320 g/mol. The second-order valence-corrected chi connectivity index (χ2v) is 4.40. The first kappa shape index (κ1) is 12.4. The SMILES string of the molecule is CC(N)C(=O)Nc1ccc(CO)c(I)c1. The zero-order chi connectivity index (χ0) is 11.4. The maximum atomic E-state index is 11.3. The lowest BCUT2D eigenvalue weighted by atomic mass is 10.2. The number of carbonyl (C=O) groups excluding carboxylic acids is 1. The van der Waals surface area contributed by atoms with Crippen LogP contribution in [0.2, 0.25) is 0 Å². The molecule has 0 saturated heterocycles. The largest absolute Gasteiger partial charge is 0.392 e. The third-order valence-corrected chi connectivity index (χ3v) is 2.91. The van der Waals surface area contributed by atoms with Crippen LogP contribution in [0.25, 0.3) is 0 Å². The van der Waals surface area contributed by atoms with Crippen LogP contribution in [0.1, 0.15) is 12.5 Å². The molecular weight excluding hydrogens is 307 g/mol. The molecule has 5 heteroatoms. The minimum atomic E-state index is -0.528. The van der Waals surface area contributed by atoms with E-state index < -0.39 is 6.04 Å². The van der Waals surface area contributed by atoms with Gasteiger partial charge in [0.1, 0.15) is 0 Å². The summed E-state index contributed by atoms with van der Waals surface area (Å²) in [5.74, 6) is -0.220. The molecule has 0 spiro atoms. The van der Waals surface area contributed by atoms with Crippen molar-refractivity contribution in [1.29, 1.82) is 0 Å². The topological polar surface area (TPSA) is 75.4 Å². The number of anilines is 1. The van der Waals surface area contributed by atoms with Crippen LogP contribution < -0.4 is 11.1 Å². The molecule has 0 bridgehead atoms. The van der Waals surface area contributed by atoms with Crippen molar-refractivity contribution < 1.29 is 9.90 Å². The molecular formula is C10H13IN2O2. The Morgan fingerprint density at radius 1 is 1.67 bits per heavy atom. The Kier molecular flexibility index (Phi) is 4.49. The number of nitrogens with one attached hydrogen (secondary N) is 1. The summed E-state index contributed by atoms with van der Waals surface area (Å²) >= 11 is 2.11. The number of amides is 1. The van der Waals surface area contributed by atoms with Crippen LogP contribution in [0.15, 0.2) is 18.2 Å². The van der Waals surface area contributed by atoms with Gasteiger partial charge in [-0.05, 0) is 47.2 Å². The maximum Gasteiger partial charge on any atom is 0.240 e. The summed E-state index contributed by atoms with van der Waals surface area (Å²) in [6.07, 6.45) is 0. The number of hydrogen-bond acceptors (Lipinski definition) is 3. The Balaban J connectivity index is 2.80. The highest BCUT2D eigenvalue weighted by molar-refractivity contribution is 14.1. The van der Waals surface area contributed by atoms with E-state index in [1.807, 2.05) is 0 Å². The summed E-state index contributed by atoms with van der Waals surface area (Å²) in [6.45, 7) is 1.63. The highest BCUT2D eigenvalue weighted by Crippen LogP contribution is 2.18. The summed E-state index contributed by atoms with van der Waals surface area (Å²) in [7, 11) is 0. The summed E-state index contributed by atoms with van der Waals surface area (Å²) in [5, 5.41) is 11.7. The molecule has 4 N–H and O–H groups in total. The summed E-state index contributed by atoms with van der Waals surface area (Å²) < 4.78 is 0.914. The molecule has 82 valence electrons. The molecule has 0 heterocycles. The van der Waals surface area contributed by atoms with E-state index in [1.54, 1.807) is 25.1 Å². The normalized spacial score (nSPS) is 12.3. The van der Waals surface area contributed by atoms with Crippen molar-refractivity contribution in [2.45, 2.75) is 19.6 Å². The Labute approximate surface area is 102 Å². The van der Waals surface area contributed by atoms with Gasteiger partial charge in [-0.25, -0.2) is 0 Å². The molecule has 0 aliphatic carbocycles. The number of aliphatic hydroxyl groups excluding tert-OH is 1. The van der Waals surface area contributed by atoms with Gasteiger partial charge in [0.2, 0.25) is 5.91 Å². The Morgan fingerprint density at radius 2 is 2.33 bits per heavy atom. The molecule has 1 amide bonds. The average Bonchev–Trinajstić information content (AvgIpc) is 2.18. The van der Waals surface area contributed by atoms with Crippen molar-refractivity contribution in [1.82, 2.24) is 0 Å². The summed E-state index contributed by atoms with van der Waals surface area (Å²) in [4.78, 5) is 11.3. The van der Waals surface area contributed by atoms with E-state index in [1.165, 1.54) is 0 Å². The zero-order valence-corrected chi connectivity index (χ0v) is 10.5. The Bertz CT molecular complexity index is 366. The van der Waals surface area contributed by atoms with Gasteiger partial charge in [-0.1, -0.05) is 6.07 Å². The van der Waals surface area contributed by atoms with Gasteiger partial charge in [-0.3, -0.25) is 4.79 Å².